The number of hydrogen-bond acceptors (Lipinski definition) is 5. The first kappa shape index (κ1) is 14.6. The molecule has 0 aliphatic rings. The highest BCUT2D eigenvalue weighted by molar-refractivity contribution is 6.06. The predicted octanol–water partition coefficient (Wildman–Crippen LogP) is 1.70. The monoisotopic (exact) mass is 290 g/mol. The first-order chi connectivity index (χ1) is 10.0. The Hall–Kier alpha value is -2.80. The average Bonchev–Trinajstić information content (AvgIpc) is 2.96. The summed E-state index contributed by atoms with van der Waals surface area (Å²) in [6.07, 6.45) is 0. The summed E-state index contributed by atoms with van der Waals surface area (Å²) in [5, 5.41) is 11.7. The number of rotatable bonds is 5. The van der Waals surface area contributed by atoms with Crippen LogP contribution in [0.2, 0.25) is 0 Å². The molecule has 0 aliphatic carbocycles. The van der Waals surface area contributed by atoms with Gasteiger partial charge in [-0.1, -0.05) is 0 Å². The number of anilines is 1. The van der Waals surface area contributed by atoms with Gasteiger partial charge in [0.2, 0.25) is 0 Å². The van der Waals surface area contributed by atoms with E-state index in [0.29, 0.717) is 11.5 Å². The number of carboxylic acid groups (broad SMARTS) is 1. The molecule has 1 amide bonds. The Morgan fingerprint density at radius 1 is 1.33 bits per heavy atom. The maximum Gasteiger partial charge on any atom is 0.337 e. The fourth-order valence-corrected chi connectivity index (χ4v) is 1.73. The van der Waals surface area contributed by atoms with Gasteiger partial charge in [0, 0.05) is 0 Å². The molecule has 110 valence electrons. The molecule has 0 radical (unpaired) electrons. The minimum atomic E-state index is -1.17. The van der Waals surface area contributed by atoms with E-state index in [9.17, 15) is 9.59 Å². The van der Waals surface area contributed by atoms with Crippen LogP contribution in [0.25, 0.3) is 0 Å². The van der Waals surface area contributed by atoms with Crippen molar-refractivity contribution in [1.82, 2.24) is 0 Å². The van der Waals surface area contributed by atoms with Gasteiger partial charge in [0.05, 0.1) is 24.9 Å². The van der Waals surface area contributed by atoms with Gasteiger partial charge in [0.25, 0.3) is 5.91 Å². The van der Waals surface area contributed by atoms with Crippen LogP contribution in [0.15, 0.2) is 34.7 Å². The first-order valence-corrected chi connectivity index (χ1v) is 6.06. The van der Waals surface area contributed by atoms with Gasteiger partial charge < -0.3 is 25.3 Å². The fourth-order valence-electron chi connectivity index (χ4n) is 1.73. The van der Waals surface area contributed by atoms with E-state index < -0.39 is 11.9 Å². The molecular formula is C14H14N2O5. The predicted molar refractivity (Wildman–Crippen MR) is 74.5 cm³/mol. The molecule has 0 saturated carbocycles. The van der Waals surface area contributed by atoms with Crippen molar-refractivity contribution in [1.29, 1.82) is 0 Å². The molecule has 0 bridgehead atoms. The third kappa shape index (κ3) is 3.21. The maximum atomic E-state index is 12.0. The number of carboxylic acids is 1. The van der Waals surface area contributed by atoms with Crippen molar-refractivity contribution in [2.75, 3.05) is 12.4 Å². The maximum absolute atomic E-state index is 12.0. The van der Waals surface area contributed by atoms with Gasteiger partial charge in [-0.15, -0.1) is 0 Å². The molecule has 0 spiro atoms. The van der Waals surface area contributed by atoms with E-state index in [4.69, 9.17) is 20.0 Å². The van der Waals surface area contributed by atoms with Gasteiger partial charge >= 0.3 is 5.97 Å². The van der Waals surface area contributed by atoms with Crippen molar-refractivity contribution in [3.05, 3.63) is 47.4 Å². The molecule has 1 aromatic carbocycles. The number of aromatic carboxylic acids is 1. The molecule has 0 fully saturated rings. The lowest BCUT2D eigenvalue weighted by molar-refractivity contribution is 0.0697. The number of nitrogens with one attached hydrogen (secondary N) is 1. The van der Waals surface area contributed by atoms with Crippen LogP contribution < -0.4 is 15.8 Å². The van der Waals surface area contributed by atoms with E-state index in [0.717, 1.165) is 0 Å². The lowest BCUT2D eigenvalue weighted by Gasteiger charge is -2.09. The topological polar surface area (TPSA) is 115 Å². The van der Waals surface area contributed by atoms with E-state index in [1.54, 1.807) is 12.1 Å². The summed E-state index contributed by atoms with van der Waals surface area (Å²) in [6.45, 7) is 0.177. The van der Waals surface area contributed by atoms with Crippen molar-refractivity contribution in [2.24, 2.45) is 5.73 Å². The quantitative estimate of drug-likeness (QED) is 0.772. The summed E-state index contributed by atoms with van der Waals surface area (Å²) in [5.74, 6) is -0.821. The minimum Gasteiger partial charge on any atom is -0.497 e. The molecule has 7 heteroatoms. The molecule has 0 saturated heterocycles. The number of nitrogens with two attached hydrogens (primary N) is 1. The third-order valence-corrected chi connectivity index (χ3v) is 2.79. The Morgan fingerprint density at radius 3 is 2.67 bits per heavy atom. The molecule has 0 atom stereocenters. The van der Waals surface area contributed by atoms with E-state index in [2.05, 4.69) is 5.32 Å². The number of ether oxygens (including phenoxy) is 1. The van der Waals surface area contributed by atoms with Crippen LogP contribution in [0.4, 0.5) is 5.69 Å². The number of methoxy groups -OCH3 is 1. The van der Waals surface area contributed by atoms with Crippen LogP contribution in [-0.4, -0.2) is 24.1 Å². The second-order valence-corrected chi connectivity index (χ2v) is 4.14. The van der Waals surface area contributed by atoms with Crippen molar-refractivity contribution in [2.45, 2.75) is 6.54 Å². The van der Waals surface area contributed by atoms with Crippen LogP contribution in [0.5, 0.6) is 5.75 Å². The van der Waals surface area contributed by atoms with Gasteiger partial charge in [-0.2, -0.15) is 0 Å². The Labute approximate surface area is 120 Å². The van der Waals surface area contributed by atoms with E-state index in [1.807, 2.05) is 0 Å². The number of amides is 1. The van der Waals surface area contributed by atoms with Gasteiger partial charge in [-0.05, 0) is 30.3 Å². The van der Waals surface area contributed by atoms with E-state index >= 15 is 0 Å². The Bertz CT molecular complexity index is 678. The second-order valence-electron chi connectivity index (χ2n) is 4.14. The van der Waals surface area contributed by atoms with Gasteiger partial charge in [-0.25, -0.2) is 4.79 Å². The summed E-state index contributed by atoms with van der Waals surface area (Å²) in [4.78, 5) is 23.2. The molecule has 2 rings (SSSR count). The summed E-state index contributed by atoms with van der Waals surface area (Å²) in [7, 11) is 1.43. The molecule has 4 N–H and O–H groups in total. The van der Waals surface area contributed by atoms with E-state index in [1.165, 1.54) is 25.3 Å². The summed E-state index contributed by atoms with van der Waals surface area (Å²) in [5.41, 5.74) is 5.47. The zero-order chi connectivity index (χ0) is 15.4. The Morgan fingerprint density at radius 2 is 2.10 bits per heavy atom. The normalized spacial score (nSPS) is 10.2. The van der Waals surface area contributed by atoms with Gasteiger partial charge in [0.1, 0.15) is 11.5 Å². The molecular weight excluding hydrogens is 276 g/mol. The summed E-state index contributed by atoms with van der Waals surface area (Å²) < 4.78 is 10.2. The molecule has 1 aromatic heterocycles. The Kier molecular flexibility index (Phi) is 4.24. The fraction of sp³-hybridized carbons (Fsp3) is 0.143. The average molecular weight is 290 g/mol. The van der Waals surface area contributed by atoms with Crippen LogP contribution in [0.3, 0.4) is 0 Å². The van der Waals surface area contributed by atoms with Gasteiger partial charge in [-0.3, -0.25) is 4.79 Å². The second kappa shape index (κ2) is 6.10. The summed E-state index contributed by atoms with van der Waals surface area (Å²) >= 11 is 0. The SMILES string of the molecule is COc1ccc(NC(=O)c2ccc(CN)o2)c(C(=O)O)c1. The van der Waals surface area contributed by atoms with Crippen molar-refractivity contribution in [3.63, 3.8) is 0 Å². The van der Waals surface area contributed by atoms with Crippen molar-refractivity contribution >= 4 is 17.6 Å². The van der Waals surface area contributed by atoms with Crippen LogP contribution >= 0.6 is 0 Å². The molecule has 2 aromatic rings. The van der Waals surface area contributed by atoms with Crippen molar-refractivity contribution in [3.8, 4) is 5.75 Å². The van der Waals surface area contributed by atoms with Crippen molar-refractivity contribution < 1.29 is 23.8 Å². The number of furan rings is 1. The summed E-state index contributed by atoms with van der Waals surface area (Å²) in [6, 6.07) is 7.39. The van der Waals surface area contributed by atoms with Gasteiger partial charge in [0.15, 0.2) is 5.76 Å². The highest BCUT2D eigenvalue weighted by Gasteiger charge is 2.16. The lowest BCUT2D eigenvalue weighted by atomic mass is 10.1. The molecule has 7 nitrogen and oxygen atoms in total. The standard InChI is InChI=1S/C14H14N2O5/c1-20-8-2-4-11(10(6-8)14(18)19)16-13(17)12-5-3-9(7-15)21-12/h2-6H,7,15H2,1H3,(H,16,17)(H,18,19). The number of carbonyl (C=O) groups is 2. The zero-order valence-electron chi connectivity index (χ0n) is 11.3. The minimum absolute atomic E-state index is 0.0580. The highest BCUT2D eigenvalue weighted by atomic mass is 16.5. The third-order valence-electron chi connectivity index (χ3n) is 2.79. The van der Waals surface area contributed by atoms with Crippen LogP contribution in [0.1, 0.15) is 26.7 Å². The molecule has 0 aliphatic heterocycles. The van der Waals surface area contributed by atoms with Crippen LogP contribution in [-0.2, 0) is 6.54 Å². The molecule has 1 heterocycles. The Balaban J connectivity index is 2.26. The first-order valence-electron chi connectivity index (χ1n) is 6.06. The zero-order valence-corrected chi connectivity index (χ0v) is 11.3. The van der Waals surface area contributed by atoms with E-state index in [-0.39, 0.29) is 23.6 Å². The highest BCUT2D eigenvalue weighted by Crippen LogP contribution is 2.23. The number of carbonyl (C=O) groups excluding carboxylic acids is 1. The number of benzene rings is 1. The lowest BCUT2D eigenvalue weighted by Crippen LogP contribution is -2.14. The molecule has 21 heavy (non-hydrogen) atoms. The molecule has 0 unspecified atom stereocenters. The largest absolute Gasteiger partial charge is 0.497 e. The number of hydrogen-bond donors (Lipinski definition) is 3. The van der Waals surface area contributed by atoms with Crippen LogP contribution in [0, 0.1) is 0 Å². The smallest absolute Gasteiger partial charge is 0.337 e.